The lowest BCUT2D eigenvalue weighted by Crippen LogP contribution is -2.46. The van der Waals surface area contributed by atoms with Crippen molar-refractivity contribution in [3.05, 3.63) is 16.8 Å². The molecule has 136 valence electrons. The first-order valence-corrected chi connectivity index (χ1v) is 9.91. The highest BCUT2D eigenvalue weighted by Crippen LogP contribution is 2.40. The third-order valence-corrected chi connectivity index (χ3v) is 5.76. The molecule has 0 unspecified atom stereocenters. The molecule has 0 saturated carbocycles. The molecule has 1 atom stereocenters. The Morgan fingerprint density at radius 1 is 1.40 bits per heavy atom. The molecule has 1 aliphatic rings. The summed E-state index contributed by atoms with van der Waals surface area (Å²) in [4.78, 5) is 26.1. The van der Waals surface area contributed by atoms with Crippen LogP contribution in [0.1, 0.15) is 51.5 Å². The molecule has 0 aromatic carbocycles. The van der Waals surface area contributed by atoms with Gasteiger partial charge in [-0.1, -0.05) is 6.92 Å². The predicted molar refractivity (Wildman–Crippen MR) is 104 cm³/mol. The van der Waals surface area contributed by atoms with E-state index >= 15 is 0 Å². The fourth-order valence-electron chi connectivity index (χ4n) is 3.47. The van der Waals surface area contributed by atoms with Crippen molar-refractivity contribution in [2.45, 2.75) is 59.4 Å². The largest absolute Gasteiger partial charge is 0.350 e. The highest BCUT2D eigenvalue weighted by atomic mass is 32.1. The number of fused-ring (bicyclic) bond motifs is 3. The van der Waals surface area contributed by atoms with Crippen molar-refractivity contribution in [2.24, 2.45) is 5.92 Å². The minimum atomic E-state index is -0.227. The van der Waals surface area contributed by atoms with E-state index in [0.29, 0.717) is 6.54 Å². The molecule has 2 heterocycles. The molecule has 2 aromatic rings. The van der Waals surface area contributed by atoms with Gasteiger partial charge in [-0.15, -0.1) is 11.3 Å². The van der Waals surface area contributed by atoms with Gasteiger partial charge < -0.3 is 10.2 Å². The number of carbonyl (C=O) groups excluding carboxylic acids is 1. The molecule has 2 aromatic heterocycles. The van der Waals surface area contributed by atoms with Crippen LogP contribution in [0.4, 0.5) is 5.82 Å². The summed E-state index contributed by atoms with van der Waals surface area (Å²) >= 11 is 1.80. The summed E-state index contributed by atoms with van der Waals surface area (Å²) in [5.41, 5.74) is 1.18. The molecule has 1 amide bonds. The minimum absolute atomic E-state index is 0.0267. The molecule has 25 heavy (non-hydrogen) atoms. The second-order valence-corrected chi connectivity index (χ2v) is 9.13. The van der Waals surface area contributed by atoms with Crippen LogP contribution in [0.25, 0.3) is 10.2 Å². The van der Waals surface area contributed by atoms with Crippen LogP contribution in [-0.4, -0.2) is 34.5 Å². The highest BCUT2D eigenvalue weighted by molar-refractivity contribution is 7.19. The zero-order valence-corrected chi connectivity index (χ0v) is 16.7. The molecule has 0 radical (unpaired) electrons. The van der Waals surface area contributed by atoms with E-state index in [2.05, 4.69) is 34.0 Å². The van der Waals surface area contributed by atoms with Crippen molar-refractivity contribution in [3.63, 3.8) is 0 Å². The maximum absolute atomic E-state index is 12.4. The van der Waals surface area contributed by atoms with Gasteiger partial charge in [0.2, 0.25) is 5.91 Å². The summed E-state index contributed by atoms with van der Waals surface area (Å²) in [7, 11) is 0. The average Bonchev–Trinajstić information content (AvgIpc) is 2.88. The number of nitrogens with zero attached hydrogens (tertiary/aromatic N) is 3. The maximum atomic E-state index is 12.4. The molecular formula is C19H28N4OS. The standard InChI is InChI=1S/C19H28N4OS/c1-6-23(10-15(24)22-19(3,4)5)17-16-13-8-7-12(2)9-14(13)25-18(16)21-11-20-17/h11-12H,6-10H2,1-5H3,(H,22,24)/t12-/m1/s1. The lowest BCUT2D eigenvalue weighted by Gasteiger charge is -2.26. The Balaban J connectivity index is 1.95. The number of aromatic nitrogens is 2. The first kappa shape index (κ1) is 18.1. The third kappa shape index (κ3) is 3.94. The van der Waals surface area contributed by atoms with Crippen LogP contribution < -0.4 is 10.2 Å². The van der Waals surface area contributed by atoms with E-state index in [1.54, 1.807) is 17.7 Å². The number of carbonyl (C=O) groups is 1. The van der Waals surface area contributed by atoms with Gasteiger partial charge in [0, 0.05) is 17.0 Å². The van der Waals surface area contributed by atoms with E-state index in [1.165, 1.54) is 22.2 Å². The van der Waals surface area contributed by atoms with Crippen LogP contribution in [0.3, 0.4) is 0 Å². The van der Waals surface area contributed by atoms with Gasteiger partial charge in [-0.2, -0.15) is 0 Å². The lowest BCUT2D eigenvalue weighted by atomic mass is 9.89. The first-order valence-electron chi connectivity index (χ1n) is 9.09. The number of anilines is 1. The minimum Gasteiger partial charge on any atom is -0.350 e. The van der Waals surface area contributed by atoms with E-state index in [9.17, 15) is 4.79 Å². The molecule has 5 nitrogen and oxygen atoms in total. The molecule has 3 rings (SSSR count). The van der Waals surface area contributed by atoms with Crippen LogP contribution in [0.5, 0.6) is 0 Å². The van der Waals surface area contributed by atoms with E-state index in [-0.39, 0.29) is 11.4 Å². The van der Waals surface area contributed by atoms with E-state index < -0.39 is 0 Å². The Kier molecular flexibility index (Phi) is 5.00. The summed E-state index contributed by atoms with van der Waals surface area (Å²) in [6.07, 6.45) is 5.06. The van der Waals surface area contributed by atoms with E-state index in [1.807, 2.05) is 20.8 Å². The number of amides is 1. The number of likely N-dealkylation sites (N-methyl/N-ethyl adjacent to an activating group) is 1. The number of aryl methyl sites for hydroxylation is 1. The fraction of sp³-hybridized carbons (Fsp3) is 0.632. The van der Waals surface area contributed by atoms with Gasteiger partial charge >= 0.3 is 0 Å². The van der Waals surface area contributed by atoms with Crippen molar-refractivity contribution < 1.29 is 4.79 Å². The zero-order chi connectivity index (χ0) is 18.2. The highest BCUT2D eigenvalue weighted by Gasteiger charge is 2.25. The van der Waals surface area contributed by atoms with Crippen molar-refractivity contribution in [1.29, 1.82) is 0 Å². The lowest BCUT2D eigenvalue weighted by molar-refractivity contribution is -0.121. The van der Waals surface area contributed by atoms with Gasteiger partial charge in [-0.3, -0.25) is 4.79 Å². The normalized spacial score (nSPS) is 17.4. The molecule has 0 spiro atoms. The van der Waals surface area contributed by atoms with Gasteiger partial charge in [-0.25, -0.2) is 9.97 Å². The van der Waals surface area contributed by atoms with Gasteiger partial charge in [0.1, 0.15) is 17.0 Å². The van der Waals surface area contributed by atoms with Crippen molar-refractivity contribution >= 4 is 33.3 Å². The zero-order valence-electron chi connectivity index (χ0n) is 15.8. The maximum Gasteiger partial charge on any atom is 0.239 e. The second kappa shape index (κ2) is 6.90. The smallest absolute Gasteiger partial charge is 0.239 e. The van der Waals surface area contributed by atoms with Gasteiger partial charge in [0.25, 0.3) is 0 Å². The SMILES string of the molecule is CCN(CC(=O)NC(C)(C)C)c1ncnc2sc3c(c12)CC[C@@H](C)C3. The molecule has 1 N–H and O–H groups in total. The summed E-state index contributed by atoms with van der Waals surface area (Å²) in [6, 6.07) is 0. The molecule has 0 bridgehead atoms. The number of rotatable bonds is 4. The summed E-state index contributed by atoms with van der Waals surface area (Å²) < 4.78 is 0. The monoisotopic (exact) mass is 360 g/mol. The third-order valence-electron chi connectivity index (χ3n) is 4.60. The Morgan fingerprint density at radius 2 is 2.16 bits per heavy atom. The summed E-state index contributed by atoms with van der Waals surface area (Å²) in [5.74, 6) is 1.67. The van der Waals surface area contributed by atoms with Crippen LogP contribution in [0.2, 0.25) is 0 Å². The Morgan fingerprint density at radius 3 is 2.84 bits per heavy atom. The van der Waals surface area contributed by atoms with Crippen molar-refractivity contribution in [2.75, 3.05) is 18.0 Å². The van der Waals surface area contributed by atoms with Gasteiger partial charge in [-0.05, 0) is 58.4 Å². The first-order chi connectivity index (χ1) is 11.8. The molecule has 0 fully saturated rings. The predicted octanol–water partition coefficient (Wildman–Crippen LogP) is 3.56. The van der Waals surface area contributed by atoms with Crippen LogP contribution in [-0.2, 0) is 17.6 Å². The topological polar surface area (TPSA) is 58.1 Å². The van der Waals surface area contributed by atoms with Crippen LogP contribution in [0, 0.1) is 5.92 Å². The number of hydrogen-bond donors (Lipinski definition) is 1. The summed E-state index contributed by atoms with van der Waals surface area (Å²) in [6.45, 7) is 11.4. The van der Waals surface area contributed by atoms with Crippen molar-refractivity contribution in [3.8, 4) is 0 Å². The Bertz CT molecular complexity index is 778. The quantitative estimate of drug-likeness (QED) is 0.906. The summed E-state index contributed by atoms with van der Waals surface area (Å²) in [5, 5.41) is 4.21. The van der Waals surface area contributed by atoms with Gasteiger partial charge in [0.15, 0.2) is 0 Å². The number of hydrogen-bond acceptors (Lipinski definition) is 5. The Hall–Kier alpha value is -1.69. The number of nitrogens with one attached hydrogen (secondary N) is 1. The van der Waals surface area contributed by atoms with Crippen LogP contribution in [0.15, 0.2) is 6.33 Å². The van der Waals surface area contributed by atoms with Crippen LogP contribution >= 0.6 is 11.3 Å². The number of thiophene rings is 1. The van der Waals surface area contributed by atoms with E-state index in [4.69, 9.17) is 0 Å². The molecule has 0 saturated heterocycles. The fourth-order valence-corrected chi connectivity index (χ4v) is 4.81. The van der Waals surface area contributed by atoms with Gasteiger partial charge in [0.05, 0.1) is 11.9 Å². The average molecular weight is 361 g/mol. The molecule has 0 aliphatic heterocycles. The second-order valence-electron chi connectivity index (χ2n) is 8.04. The molecule has 6 heteroatoms. The van der Waals surface area contributed by atoms with Crippen molar-refractivity contribution in [1.82, 2.24) is 15.3 Å². The van der Waals surface area contributed by atoms with E-state index in [0.717, 1.165) is 36.0 Å². The molecular weight excluding hydrogens is 332 g/mol. The Labute approximate surface area is 153 Å². The molecule has 1 aliphatic carbocycles.